The van der Waals surface area contributed by atoms with Crippen molar-refractivity contribution in [2.75, 3.05) is 29.3 Å². The monoisotopic (exact) mass is 272 g/mol. The topological polar surface area (TPSA) is 72.1 Å². The molecule has 1 fully saturated rings. The first kappa shape index (κ1) is 12.4. The Labute approximate surface area is 109 Å². The second-order valence-corrected chi connectivity index (χ2v) is 4.95. The van der Waals surface area contributed by atoms with Crippen LogP contribution in [0.1, 0.15) is 6.42 Å². The molecule has 1 saturated heterocycles. The molecule has 1 atom stereocenters. The Kier molecular flexibility index (Phi) is 3.73. The molecule has 5 nitrogen and oxygen atoms in total. The number of halogens is 1. The zero-order valence-electron chi connectivity index (χ0n) is 9.39. The Bertz CT molecular complexity index is 442. The van der Waals surface area contributed by atoms with Crippen LogP contribution < -0.4 is 10.6 Å². The molecule has 2 heterocycles. The van der Waals surface area contributed by atoms with Gasteiger partial charge < -0.3 is 5.73 Å². The van der Waals surface area contributed by atoms with Crippen molar-refractivity contribution in [1.82, 2.24) is 9.97 Å². The lowest BCUT2D eigenvalue weighted by molar-refractivity contribution is -0.117. The molecule has 1 aromatic heterocycles. The molecule has 1 aliphatic rings. The van der Waals surface area contributed by atoms with Crippen LogP contribution in [0.25, 0.3) is 0 Å². The number of hydrogen-bond acceptors (Lipinski definition) is 5. The molecule has 1 amide bonds. The molecule has 7 heteroatoms. The maximum atomic E-state index is 11.8. The van der Waals surface area contributed by atoms with Crippen LogP contribution in [0.15, 0.2) is 11.2 Å². The zero-order chi connectivity index (χ0) is 12.4. The van der Waals surface area contributed by atoms with Crippen molar-refractivity contribution in [3.05, 3.63) is 6.07 Å². The number of thioether (sulfide) groups is 1. The number of amides is 1. The summed E-state index contributed by atoms with van der Waals surface area (Å²) in [4.78, 5) is 21.8. The molecule has 17 heavy (non-hydrogen) atoms. The van der Waals surface area contributed by atoms with E-state index in [0.717, 1.165) is 0 Å². The van der Waals surface area contributed by atoms with Gasteiger partial charge in [0.25, 0.3) is 0 Å². The van der Waals surface area contributed by atoms with E-state index in [4.69, 9.17) is 17.3 Å². The third-order valence-corrected chi connectivity index (χ3v) is 3.58. The number of alkyl halides is 1. The van der Waals surface area contributed by atoms with E-state index in [9.17, 15) is 4.79 Å². The molecule has 0 saturated carbocycles. The highest BCUT2D eigenvalue weighted by molar-refractivity contribution is 7.98. The predicted molar refractivity (Wildman–Crippen MR) is 69.4 cm³/mol. The Morgan fingerprint density at radius 2 is 2.41 bits per heavy atom. The lowest BCUT2D eigenvalue weighted by Crippen LogP contribution is -2.26. The summed E-state index contributed by atoms with van der Waals surface area (Å²) in [7, 11) is 0. The fraction of sp³-hybridized carbons (Fsp3) is 0.500. The largest absolute Gasteiger partial charge is 0.383 e. The third kappa shape index (κ3) is 2.63. The smallest absolute Gasteiger partial charge is 0.228 e. The lowest BCUT2D eigenvalue weighted by atomic mass is 10.1. The molecule has 0 spiro atoms. The van der Waals surface area contributed by atoms with E-state index in [1.165, 1.54) is 11.8 Å². The molecule has 0 radical (unpaired) electrons. The number of carbonyl (C=O) groups excluding carboxylic acids is 1. The second kappa shape index (κ2) is 5.10. The van der Waals surface area contributed by atoms with E-state index < -0.39 is 0 Å². The zero-order valence-corrected chi connectivity index (χ0v) is 11.0. The van der Waals surface area contributed by atoms with Gasteiger partial charge in [-0.2, -0.15) is 0 Å². The van der Waals surface area contributed by atoms with Crippen LogP contribution in [-0.2, 0) is 4.79 Å². The van der Waals surface area contributed by atoms with Gasteiger partial charge in [-0.25, -0.2) is 9.97 Å². The van der Waals surface area contributed by atoms with Crippen molar-refractivity contribution < 1.29 is 4.79 Å². The van der Waals surface area contributed by atoms with E-state index in [-0.39, 0.29) is 11.8 Å². The number of rotatable bonds is 3. The van der Waals surface area contributed by atoms with E-state index >= 15 is 0 Å². The van der Waals surface area contributed by atoms with Gasteiger partial charge in [0.15, 0.2) is 5.16 Å². The molecule has 1 aliphatic heterocycles. The highest BCUT2D eigenvalue weighted by Crippen LogP contribution is 2.26. The van der Waals surface area contributed by atoms with Crippen LogP contribution in [0, 0.1) is 5.92 Å². The summed E-state index contributed by atoms with van der Waals surface area (Å²) >= 11 is 7.17. The van der Waals surface area contributed by atoms with Crippen molar-refractivity contribution >= 4 is 40.9 Å². The van der Waals surface area contributed by atoms with E-state index in [2.05, 4.69) is 9.97 Å². The Morgan fingerprint density at radius 1 is 1.65 bits per heavy atom. The van der Waals surface area contributed by atoms with Crippen LogP contribution >= 0.6 is 23.4 Å². The number of hydrogen-bond donors (Lipinski definition) is 1. The minimum atomic E-state index is 0.0424. The molecule has 1 aromatic rings. The van der Waals surface area contributed by atoms with Gasteiger partial charge in [-0.05, 0) is 12.2 Å². The number of anilines is 2. The standard InChI is InChI=1S/C10H13ClN4OS/c1-17-10-13-7(12)3-8(14-10)15-5-6(4-11)2-9(15)16/h3,6H,2,4-5H2,1H3,(H2,12,13,14). The number of aromatic nitrogens is 2. The van der Waals surface area contributed by atoms with Crippen molar-refractivity contribution in [2.45, 2.75) is 11.6 Å². The Morgan fingerprint density at radius 3 is 3.00 bits per heavy atom. The highest BCUT2D eigenvalue weighted by Gasteiger charge is 2.31. The minimum absolute atomic E-state index is 0.0424. The van der Waals surface area contributed by atoms with Gasteiger partial charge in [-0.1, -0.05) is 11.8 Å². The molecule has 0 aromatic carbocycles. The number of nitrogens with zero attached hydrogens (tertiary/aromatic N) is 3. The summed E-state index contributed by atoms with van der Waals surface area (Å²) in [6.07, 6.45) is 2.34. The van der Waals surface area contributed by atoms with Gasteiger partial charge in [0.2, 0.25) is 5.91 Å². The molecule has 92 valence electrons. The Balaban J connectivity index is 2.28. The first-order valence-corrected chi connectivity index (χ1v) is 6.95. The van der Waals surface area contributed by atoms with E-state index in [0.29, 0.717) is 35.6 Å². The first-order chi connectivity index (χ1) is 8.13. The highest BCUT2D eigenvalue weighted by atomic mass is 35.5. The van der Waals surface area contributed by atoms with Gasteiger partial charge in [-0.15, -0.1) is 11.6 Å². The van der Waals surface area contributed by atoms with Crippen LogP contribution in [0.3, 0.4) is 0 Å². The summed E-state index contributed by atoms with van der Waals surface area (Å²) < 4.78 is 0. The van der Waals surface area contributed by atoms with Crippen LogP contribution in [0.5, 0.6) is 0 Å². The van der Waals surface area contributed by atoms with Crippen molar-refractivity contribution in [1.29, 1.82) is 0 Å². The average Bonchev–Trinajstić information content (AvgIpc) is 2.69. The van der Waals surface area contributed by atoms with Gasteiger partial charge >= 0.3 is 0 Å². The maximum Gasteiger partial charge on any atom is 0.228 e. The fourth-order valence-electron chi connectivity index (χ4n) is 1.77. The van der Waals surface area contributed by atoms with Gasteiger partial charge in [0, 0.05) is 24.9 Å². The number of carbonyl (C=O) groups is 1. The molecule has 0 bridgehead atoms. The van der Waals surface area contributed by atoms with Crippen LogP contribution in [-0.4, -0.2) is 34.6 Å². The molecule has 0 aliphatic carbocycles. The minimum Gasteiger partial charge on any atom is -0.383 e. The molecule has 2 N–H and O–H groups in total. The van der Waals surface area contributed by atoms with Crippen LogP contribution in [0.4, 0.5) is 11.6 Å². The maximum absolute atomic E-state index is 11.8. The van der Waals surface area contributed by atoms with Gasteiger partial charge in [0.05, 0.1) is 0 Å². The SMILES string of the molecule is CSc1nc(N)cc(N2CC(CCl)CC2=O)n1. The fourth-order valence-corrected chi connectivity index (χ4v) is 2.35. The number of nitrogens with two attached hydrogens (primary N) is 1. The van der Waals surface area contributed by atoms with Crippen LogP contribution in [0.2, 0.25) is 0 Å². The Hall–Kier alpha value is -1.01. The summed E-state index contributed by atoms with van der Waals surface area (Å²) in [6, 6.07) is 1.62. The predicted octanol–water partition coefficient (Wildman–Crippen LogP) is 1.37. The molecule has 1 unspecified atom stereocenters. The van der Waals surface area contributed by atoms with Gasteiger partial charge in [-0.3, -0.25) is 9.69 Å². The molecular formula is C10H13ClN4OS. The summed E-state index contributed by atoms with van der Waals surface area (Å²) in [6.45, 7) is 0.604. The summed E-state index contributed by atoms with van der Waals surface area (Å²) in [5, 5.41) is 0.571. The first-order valence-electron chi connectivity index (χ1n) is 5.19. The number of nitrogen functional groups attached to an aromatic ring is 1. The third-order valence-electron chi connectivity index (χ3n) is 2.59. The molecule has 2 rings (SSSR count). The van der Waals surface area contributed by atoms with E-state index in [1.54, 1.807) is 11.0 Å². The second-order valence-electron chi connectivity index (χ2n) is 3.87. The summed E-state index contributed by atoms with van der Waals surface area (Å²) in [5.74, 6) is 1.66. The average molecular weight is 273 g/mol. The molecular weight excluding hydrogens is 260 g/mol. The van der Waals surface area contributed by atoms with Crippen molar-refractivity contribution in [3.8, 4) is 0 Å². The quantitative estimate of drug-likeness (QED) is 0.511. The van der Waals surface area contributed by atoms with Crippen molar-refractivity contribution in [2.24, 2.45) is 5.92 Å². The van der Waals surface area contributed by atoms with Gasteiger partial charge in [0.1, 0.15) is 11.6 Å². The van der Waals surface area contributed by atoms with E-state index in [1.807, 2.05) is 6.26 Å². The lowest BCUT2D eigenvalue weighted by Gasteiger charge is -2.15. The summed E-state index contributed by atoms with van der Waals surface area (Å²) in [5.41, 5.74) is 5.69. The normalized spacial score (nSPS) is 20.0. The van der Waals surface area contributed by atoms with Crippen molar-refractivity contribution in [3.63, 3.8) is 0 Å².